The molecule has 2 aromatic heterocycles. The Labute approximate surface area is 290 Å². The lowest BCUT2D eigenvalue weighted by molar-refractivity contribution is 0.102. The summed E-state index contributed by atoms with van der Waals surface area (Å²) in [6.45, 7) is 9.00. The third-order valence-electron chi connectivity index (χ3n) is 8.47. The number of unbranched alkanes of at least 4 members (excludes halogenated alkanes) is 13. The number of amides is 2. The largest absolute Gasteiger partial charge is 0.412 e. The van der Waals surface area contributed by atoms with Gasteiger partial charge in [0.1, 0.15) is 10.8 Å². The molecule has 0 radical (unpaired) electrons. The number of nitrogens with zero attached hydrogens (tertiary/aromatic N) is 3. The van der Waals surface area contributed by atoms with E-state index in [4.69, 9.17) is 16.3 Å². The van der Waals surface area contributed by atoms with Crippen LogP contribution in [-0.4, -0.2) is 38.4 Å². The maximum Gasteiger partial charge on any atom is 0.412 e. The number of hydrogen-bond acceptors (Lipinski definition) is 5. The van der Waals surface area contributed by atoms with Crippen molar-refractivity contribution in [2.75, 3.05) is 11.9 Å². The van der Waals surface area contributed by atoms with Crippen molar-refractivity contribution in [3.63, 3.8) is 0 Å². The fourth-order valence-electron chi connectivity index (χ4n) is 5.68. The van der Waals surface area contributed by atoms with Crippen molar-refractivity contribution in [2.24, 2.45) is 0 Å². The molecule has 0 fully saturated rings. The number of carbonyl (C=O) groups excluding carboxylic acids is 2. The monoisotopic (exact) mass is 676 g/mol. The number of anilines is 1. The Morgan fingerprint density at radius 3 is 2.02 bits per heavy atom. The molecule has 0 aliphatic rings. The van der Waals surface area contributed by atoms with Crippen molar-refractivity contribution in [2.45, 2.75) is 123 Å². The van der Waals surface area contributed by atoms with Gasteiger partial charge >= 0.3 is 6.09 Å². The van der Waals surface area contributed by atoms with Gasteiger partial charge < -0.3 is 20.4 Å². The van der Waals surface area contributed by atoms with Crippen molar-refractivity contribution < 1.29 is 14.3 Å². The van der Waals surface area contributed by atoms with Crippen LogP contribution in [0, 0.1) is 0 Å². The van der Waals surface area contributed by atoms with Crippen LogP contribution in [-0.2, 0) is 5.41 Å². The molecule has 0 saturated carbocycles. The van der Waals surface area contributed by atoms with Crippen molar-refractivity contribution in [1.29, 1.82) is 0 Å². The van der Waals surface area contributed by atoms with E-state index < -0.39 is 6.09 Å². The lowest BCUT2D eigenvalue weighted by Gasteiger charge is -2.14. The molecule has 2 aromatic carbocycles. The number of nitrogens with one attached hydrogen (secondary N) is 3. The average molecular weight is 677 g/mol. The highest BCUT2D eigenvalue weighted by molar-refractivity contribution is 6.34. The minimum absolute atomic E-state index is 0.210. The fourth-order valence-corrected chi connectivity index (χ4v) is 6.13. The fraction of sp³-hybridized carbons (Fsp3) is 0.526. The Morgan fingerprint density at radius 1 is 0.833 bits per heavy atom. The standard InChI is InChI=1S/C38H53ClN6O3/c1-5-6-7-8-9-10-11-12-13-14-15-16-17-18-26-40-37(47)48-31-24-22-28(23-25-31)36(46)41-30-21-19-20-29(27-30)34-42-35-32(39)33(38(2,3)4)43-45(35)44-34/h19-25,27H,5-18,26H2,1-4H3,(H,40,47)(H,41,46)(H,42,44). The smallest absolute Gasteiger partial charge is 0.410 e. The van der Waals surface area contributed by atoms with Crippen LogP contribution >= 0.6 is 11.6 Å². The Kier molecular flexibility index (Phi) is 14.4. The van der Waals surface area contributed by atoms with E-state index in [-0.39, 0.29) is 11.3 Å². The van der Waals surface area contributed by atoms with Gasteiger partial charge in [0.15, 0.2) is 11.5 Å². The molecule has 0 saturated heterocycles. The molecule has 10 heteroatoms. The first-order valence-corrected chi connectivity index (χ1v) is 18.2. The van der Waals surface area contributed by atoms with Crippen LogP contribution in [0.5, 0.6) is 5.75 Å². The minimum atomic E-state index is -0.486. The number of aromatic nitrogens is 4. The molecular formula is C38H53ClN6O3. The molecule has 0 unspecified atom stereocenters. The van der Waals surface area contributed by atoms with Gasteiger partial charge in [0.25, 0.3) is 5.91 Å². The molecule has 0 spiro atoms. The minimum Gasteiger partial charge on any atom is -0.410 e. The molecule has 4 aromatic rings. The third-order valence-corrected chi connectivity index (χ3v) is 8.83. The molecule has 260 valence electrons. The molecule has 0 aliphatic heterocycles. The second-order valence-corrected chi connectivity index (χ2v) is 14.1. The van der Waals surface area contributed by atoms with Crippen LogP contribution in [0.4, 0.5) is 10.5 Å². The maximum atomic E-state index is 13.0. The van der Waals surface area contributed by atoms with Gasteiger partial charge in [-0.25, -0.2) is 4.79 Å². The van der Waals surface area contributed by atoms with E-state index in [9.17, 15) is 9.59 Å². The van der Waals surface area contributed by atoms with Crippen molar-refractivity contribution in [3.05, 3.63) is 64.8 Å². The number of halogens is 1. The lowest BCUT2D eigenvalue weighted by atomic mass is 9.92. The average Bonchev–Trinajstić information content (AvgIpc) is 3.62. The Hall–Kier alpha value is -3.85. The van der Waals surface area contributed by atoms with E-state index in [1.807, 2.05) is 39.0 Å². The van der Waals surface area contributed by atoms with E-state index >= 15 is 0 Å². The summed E-state index contributed by atoms with van der Waals surface area (Å²) in [5.41, 5.74) is 3.00. The van der Waals surface area contributed by atoms with E-state index in [2.05, 4.69) is 32.7 Å². The van der Waals surface area contributed by atoms with Gasteiger partial charge in [-0.2, -0.15) is 5.10 Å². The van der Waals surface area contributed by atoms with Gasteiger partial charge in [-0.1, -0.05) is 135 Å². The number of rotatable bonds is 19. The second kappa shape index (κ2) is 18.6. The third kappa shape index (κ3) is 11.4. The van der Waals surface area contributed by atoms with Gasteiger partial charge in [0, 0.05) is 28.8 Å². The summed E-state index contributed by atoms with van der Waals surface area (Å²) < 4.78 is 6.90. The van der Waals surface area contributed by atoms with Gasteiger partial charge in [-0.05, 0) is 42.8 Å². The second-order valence-electron chi connectivity index (χ2n) is 13.7. The predicted molar refractivity (Wildman–Crippen MR) is 195 cm³/mol. The number of ether oxygens (including phenoxy) is 1. The van der Waals surface area contributed by atoms with Crippen molar-refractivity contribution in [1.82, 2.24) is 25.1 Å². The number of hydrogen-bond donors (Lipinski definition) is 3. The summed E-state index contributed by atoms with van der Waals surface area (Å²) in [6, 6.07) is 13.9. The van der Waals surface area contributed by atoms with E-state index in [1.165, 1.54) is 81.7 Å². The van der Waals surface area contributed by atoms with Gasteiger partial charge in [0.2, 0.25) is 0 Å². The molecule has 2 amide bonds. The SMILES string of the molecule is CCCCCCCCCCCCCCCCNC(=O)Oc1ccc(C(=O)Nc2cccc(-c3nn4nc(C(C)(C)C)c(Cl)c4[nH]3)c2)cc1. The Bertz CT molecular complexity index is 1590. The van der Waals surface area contributed by atoms with Crippen LogP contribution in [0.2, 0.25) is 5.02 Å². The molecule has 0 bridgehead atoms. The molecule has 3 N–H and O–H groups in total. The first-order chi connectivity index (χ1) is 23.2. The summed E-state index contributed by atoms with van der Waals surface area (Å²) in [7, 11) is 0. The van der Waals surface area contributed by atoms with Crippen LogP contribution in [0.3, 0.4) is 0 Å². The molecule has 0 atom stereocenters. The lowest BCUT2D eigenvalue weighted by Crippen LogP contribution is -2.27. The first kappa shape index (κ1) is 37.0. The highest BCUT2D eigenvalue weighted by Crippen LogP contribution is 2.32. The van der Waals surface area contributed by atoms with E-state index in [1.54, 1.807) is 30.3 Å². The summed E-state index contributed by atoms with van der Waals surface area (Å²) in [5.74, 6) is 0.677. The van der Waals surface area contributed by atoms with Crippen molar-refractivity contribution in [3.8, 4) is 17.1 Å². The number of aromatic amines is 1. The van der Waals surface area contributed by atoms with Crippen molar-refractivity contribution >= 4 is 34.9 Å². The molecular weight excluding hydrogens is 624 g/mol. The predicted octanol–water partition coefficient (Wildman–Crippen LogP) is 10.5. The van der Waals surface area contributed by atoms with Gasteiger partial charge in [-0.15, -0.1) is 9.73 Å². The zero-order valence-corrected chi connectivity index (χ0v) is 29.9. The number of carbonyl (C=O) groups is 2. The van der Waals surface area contributed by atoms with E-state index in [0.717, 1.165) is 24.1 Å². The normalized spacial score (nSPS) is 11.6. The van der Waals surface area contributed by atoms with E-state index in [0.29, 0.717) is 40.0 Å². The zero-order chi connectivity index (χ0) is 34.4. The van der Waals surface area contributed by atoms with Gasteiger partial charge in [-0.3, -0.25) is 4.79 Å². The topological polar surface area (TPSA) is 113 Å². The molecule has 0 aliphatic carbocycles. The first-order valence-electron chi connectivity index (χ1n) is 17.8. The van der Waals surface area contributed by atoms with Crippen LogP contribution in [0.25, 0.3) is 17.0 Å². The Morgan fingerprint density at radius 2 is 1.44 bits per heavy atom. The summed E-state index contributed by atoms with van der Waals surface area (Å²) in [6.07, 6.45) is 17.7. The summed E-state index contributed by atoms with van der Waals surface area (Å²) >= 11 is 6.58. The molecule has 4 rings (SSSR count). The highest BCUT2D eigenvalue weighted by atomic mass is 35.5. The Balaban J connectivity index is 1.12. The quantitative estimate of drug-likeness (QED) is 0.0855. The highest BCUT2D eigenvalue weighted by Gasteiger charge is 2.25. The number of H-pyrrole nitrogens is 1. The van der Waals surface area contributed by atoms with Crippen LogP contribution in [0.1, 0.15) is 134 Å². The zero-order valence-electron chi connectivity index (χ0n) is 29.2. The van der Waals surface area contributed by atoms with Crippen LogP contribution < -0.4 is 15.4 Å². The maximum absolute atomic E-state index is 13.0. The van der Waals surface area contributed by atoms with Gasteiger partial charge in [0.05, 0.1) is 5.69 Å². The number of benzene rings is 2. The summed E-state index contributed by atoms with van der Waals surface area (Å²) in [4.78, 5) is 28.4. The number of fused-ring (bicyclic) bond motifs is 1. The molecule has 48 heavy (non-hydrogen) atoms. The molecule has 9 nitrogen and oxygen atoms in total. The van der Waals surface area contributed by atoms with Crippen LogP contribution in [0.15, 0.2) is 48.5 Å². The summed E-state index contributed by atoms with van der Waals surface area (Å²) in [5, 5.41) is 15.4. The molecule has 2 heterocycles.